The summed E-state index contributed by atoms with van der Waals surface area (Å²) in [7, 11) is 1.86. The maximum atomic E-state index is 4.18. The van der Waals surface area contributed by atoms with Crippen molar-refractivity contribution in [3.05, 3.63) is 18.3 Å². The highest BCUT2D eigenvalue weighted by Gasteiger charge is 1.94. The summed E-state index contributed by atoms with van der Waals surface area (Å²) in [6, 6.07) is 4.41. The number of nitrogens with zero attached hydrogens (tertiary/aromatic N) is 1. The summed E-state index contributed by atoms with van der Waals surface area (Å²) < 4.78 is 0. The molecule has 0 radical (unpaired) electrons. The zero-order valence-electron chi connectivity index (χ0n) is 7.76. The molecule has 0 aliphatic carbocycles. The average Bonchev–Trinajstić information content (AvgIpc) is 2.05. The molecule has 0 aromatic carbocycles. The van der Waals surface area contributed by atoms with Gasteiger partial charge in [0.15, 0.2) is 0 Å². The predicted molar refractivity (Wildman–Crippen MR) is 52.5 cm³/mol. The van der Waals surface area contributed by atoms with Gasteiger partial charge in [0, 0.05) is 13.1 Å². The van der Waals surface area contributed by atoms with E-state index in [0.29, 0.717) is 6.04 Å². The van der Waals surface area contributed by atoms with Gasteiger partial charge >= 0.3 is 0 Å². The van der Waals surface area contributed by atoms with E-state index in [2.05, 4.69) is 29.5 Å². The molecule has 0 aliphatic rings. The van der Waals surface area contributed by atoms with Crippen molar-refractivity contribution in [2.75, 3.05) is 17.7 Å². The van der Waals surface area contributed by atoms with E-state index in [9.17, 15) is 0 Å². The van der Waals surface area contributed by atoms with Crippen molar-refractivity contribution in [3.8, 4) is 0 Å². The smallest absolute Gasteiger partial charge is 0.125 e. The van der Waals surface area contributed by atoms with Crippen LogP contribution in [-0.4, -0.2) is 18.1 Å². The monoisotopic (exact) mass is 165 g/mol. The van der Waals surface area contributed by atoms with Crippen LogP contribution in [-0.2, 0) is 0 Å². The van der Waals surface area contributed by atoms with Crippen LogP contribution in [0.5, 0.6) is 0 Å². The lowest BCUT2D eigenvalue weighted by atomic mass is 10.3. The summed E-state index contributed by atoms with van der Waals surface area (Å²) >= 11 is 0. The molecular formula is C9H15N3. The molecule has 12 heavy (non-hydrogen) atoms. The van der Waals surface area contributed by atoms with Gasteiger partial charge in [-0.05, 0) is 26.0 Å². The van der Waals surface area contributed by atoms with Gasteiger partial charge in [-0.25, -0.2) is 4.98 Å². The van der Waals surface area contributed by atoms with Crippen LogP contribution >= 0.6 is 0 Å². The van der Waals surface area contributed by atoms with E-state index in [0.717, 1.165) is 11.5 Å². The second-order valence-corrected chi connectivity index (χ2v) is 2.98. The fourth-order valence-corrected chi connectivity index (χ4v) is 0.960. The second-order valence-electron chi connectivity index (χ2n) is 2.98. The van der Waals surface area contributed by atoms with Crippen LogP contribution in [0.25, 0.3) is 0 Å². The Morgan fingerprint density at radius 1 is 1.33 bits per heavy atom. The van der Waals surface area contributed by atoms with E-state index >= 15 is 0 Å². The molecule has 0 unspecified atom stereocenters. The molecule has 2 N–H and O–H groups in total. The first-order valence-electron chi connectivity index (χ1n) is 4.12. The van der Waals surface area contributed by atoms with Crippen LogP contribution < -0.4 is 10.6 Å². The SMILES string of the molecule is CNc1ccc(NC(C)C)cn1. The Labute approximate surface area is 73.2 Å². The highest BCUT2D eigenvalue weighted by atomic mass is 15.0. The molecule has 0 amide bonds. The predicted octanol–water partition coefficient (Wildman–Crippen LogP) is 1.94. The summed E-state index contributed by atoms with van der Waals surface area (Å²) in [4.78, 5) is 4.18. The first kappa shape index (κ1) is 8.84. The molecule has 66 valence electrons. The maximum Gasteiger partial charge on any atom is 0.125 e. The first-order chi connectivity index (χ1) is 5.72. The molecule has 3 heteroatoms. The lowest BCUT2D eigenvalue weighted by Gasteiger charge is -2.09. The van der Waals surface area contributed by atoms with E-state index in [1.807, 2.05) is 25.4 Å². The molecule has 1 heterocycles. The molecule has 0 fully saturated rings. The van der Waals surface area contributed by atoms with Gasteiger partial charge in [-0.3, -0.25) is 0 Å². The minimum Gasteiger partial charge on any atom is -0.382 e. The highest BCUT2D eigenvalue weighted by molar-refractivity contribution is 5.47. The Kier molecular flexibility index (Phi) is 2.91. The Bertz CT molecular complexity index is 228. The number of pyridine rings is 1. The van der Waals surface area contributed by atoms with Crippen molar-refractivity contribution in [1.82, 2.24) is 4.98 Å². The van der Waals surface area contributed by atoms with Crippen LogP contribution in [0.3, 0.4) is 0 Å². The number of aromatic nitrogens is 1. The number of hydrogen-bond acceptors (Lipinski definition) is 3. The summed E-state index contributed by atoms with van der Waals surface area (Å²) in [5, 5.41) is 6.23. The van der Waals surface area contributed by atoms with Crippen LogP contribution in [0, 0.1) is 0 Å². The van der Waals surface area contributed by atoms with E-state index in [1.165, 1.54) is 0 Å². The molecule has 0 aliphatic heterocycles. The minimum atomic E-state index is 0.451. The lowest BCUT2D eigenvalue weighted by Crippen LogP contribution is -2.09. The number of hydrogen-bond donors (Lipinski definition) is 2. The van der Waals surface area contributed by atoms with Gasteiger partial charge in [-0.2, -0.15) is 0 Å². The third-order valence-corrected chi connectivity index (χ3v) is 1.47. The lowest BCUT2D eigenvalue weighted by molar-refractivity contribution is 0.898. The molecule has 0 bridgehead atoms. The molecule has 0 saturated carbocycles. The number of anilines is 2. The molecule has 1 rings (SSSR count). The number of nitrogens with one attached hydrogen (secondary N) is 2. The highest BCUT2D eigenvalue weighted by Crippen LogP contribution is 2.09. The zero-order chi connectivity index (χ0) is 8.97. The third-order valence-electron chi connectivity index (χ3n) is 1.47. The summed E-state index contributed by atoms with van der Waals surface area (Å²) in [6.45, 7) is 4.21. The molecule has 0 saturated heterocycles. The fourth-order valence-electron chi connectivity index (χ4n) is 0.960. The van der Waals surface area contributed by atoms with Gasteiger partial charge in [-0.15, -0.1) is 0 Å². The largest absolute Gasteiger partial charge is 0.382 e. The third kappa shape index (κ3) is 2.42. The van der Waals surface area contributed by atoms with Crippen molar-refractivity contribution in [1.29, 1.82) is 0 Å². The summed E-state index contributed by atoms with van der Waals surface area (Å²) in [6.07, 6.45) is 1.83. The van der Waals surface area contributed by atoms with Gasteiger partial charge in [-0.1, -0.05) is 0 Å². The molecule has 1 aromatic rings. The average molecular weight is 165 g/mol. The molecule has 1 aromatic heterocycles. The topological polar surface area (TPSA) is 37.0 Å². The molecule has 0 atom stereocenters. The minimum absolute atomic E-state index is 0.451. The first-order valence-corrected chi connectivity index (χ1v) is 4.12. The normalized spacial score (nSPS) is 10.0. The molecular weight excluding hydrogens is 150 g/mol. The zero-order valence-corrected chi connectivity index (χ0v) is 7.76. The van der Waals surface area contributed by atoms with Crippen molar-refractivity contribution in [3.63, 3.8) is 0 Å². The van der Waals surface area contributed by atoms with Crippen molar-refractivity contribution in [2.24, 2.45) is 0 Å². The van der Waals surface area contributed by atoms with Crippen LogP contribution in [0.2, 0.25) is 0 Å². The van der Waals surface area contributed by atoms with E-state index < -0.39 is 0 Å². The van der Waals surface area contributed by atoms with Crippen LogP contribution in [0.15, 0.2) is 18.3 Å². The van der Waals surface area contributed by atoms with Gasteiger partial charge < -0.3 is 10.6 Å². The molecule has 0 spiro atoms. The van der Waals surface area contributed by atoms with Gasteiger partial charge in [0.25, 0.3) is 0 Å². The van der Waals surface area contributed by atoms with E-state index in [4.69, 9.17) is 0 Å². The Morgan fingerprint density at radius 2 is 2.08 bits per heavy atom. The fraction of sp³-hybridized carbons (Fsp3) is 0.444. The van der Waals surface area contributed by atoms with Crippen LogP contribution in [0.4, 0.5) is 11.5 Å². The Hall–Kier alpha value is -1.25. The van der Waals surface area contributed by atoms with Gasteiger partial charge in [0.2, 0.25) is 0 Å². The quantitative estimate of drug-likeness (QED) is 0.718. The maximum absolute atomic E-state index is 4.18. The summed E-state index contributed by atoms with van der Waals surface area (Å²) in [5.41, 5.74) is 1.06. The summed E-state index contributed by atoms with van der Waals surface area (Å²) in [5.74, 6) is 0.893. The van der Waals surface area contributed by atoms with Crippen molar-refractivity contribution in [2.45, 2.75) is 19.9 Å². The standard InChI is InChI=1S/C9H15N3/c1-7(2)12-8-4-5-9(10-3)11-6-8/h4-7,12H,1-3H3,(H,10,11). The number of rotatable bonds is 3. The van der Waals surface area contributed by atoms with E-state index in [1.54, 1.807) is 0 Å². The Morgan fingerprint density at radius 3 is 2.50 bits per heavy atom. The molecule has 3 nitrogen and oxygen atoms in total. The Balaban J connectivity index is 2.65. The second kappa shape index (κ2) is 3.95. The van der Waals surface area contributed by atoms with Crippen LogP contribution in [0.1, 0.15) is 13.8 Å². The van der Waals surface area contributed by atoms with E-state index in [-0.39, 0.29) is 0 Å². The van der Waals surface area contributed by atoms with Gasteiger partial charge in [0.05, 0.1) is 11.9 Å². The van der Waals surface area contributed by atoms with Gasteiger partial charge in [0.1, 0.15) is 5.82 Å². The van der Waals surface area contributed by atoms with Crippen molar-refractivity contribution < 1.29 is 0 Å². The van der Waals surface area contributed by atoms with Crippen molar-refractivity contribution >= 4 is 11.5 Å².